The van der Waals surface area contributed by atoms with Crippen LogP contribution in [0.5, 0.6) is 11.5 Å². The molecule has 2 aromatic rings. The van der Waals surface area contributed by atoms with E-state index >= 15 is 0 Å². The summed E-state index contributed by atoms with van der Waals surface area (Å²) >= 11 is 1.85. The van der Waals surface area contributed by atoms with E-state index < -0.39 is 0 Å². The predicted molar refractivity (Wildman–Crippen MR) is 166 cm³/mol. The van der Waals surface area contributed by atoms with E-state index in [1.807, 2.05) is 54.2 Å². The van der Waals surface area contributed by atoms with Crippen molar-refractivity contribution in [1.82, 2.24) is 4.90 Å². The van der Waals surface area contributed by atoms with Crippen LogP contribution in [0.1, 0.15) is 83.6 Å². The minimum Gasteiger partial charge on any atom is -0.490 e. The first kappa shape index (κ1) is 32.1. The van der Waals surface area contributed by atoms with Crippen molar-refractivity contribution in [1.29, 1.82) is 0 Å². The van der Waals surface area contributed by atoms with Gasteiger partial charge in [0.1, 0.15) is 0 Å². The van der Waals surface area contributed by atoms with Gasteiger partial charge in [0.25, 0.3) is 5.91 Å². The predicted octanol–water partition coefficient (Wildman–Crippen LogP) is 8.95. The number of anilines is 1. The van der Waals surface area contributed by atoms with Gasteiger partial charge >= 0.3 is 0 Å². The summed E-state index contributed by atoms with van der Waals surface area (Å²) in [6.07, 6.45) is 15.2. The number of hydrogen-bond acceptors (Lipinski definition) is 5. The summed E-state index contributed by atoms with van der Waals surface area (Å²) in [5.41, 5.74) is 1.94. The van der Waals surface area contributed by atoms with Gasteiger partial charge in [0, 0.05) is 18.4 Å². The zero-order chi connectivity index (χ0) is 26.1. The van der Waals surface area contributed by atoms with E-state index in [0.29, 0.717) is 18.1 Å². The van der Waals surface area contributed by atoms with Crippen molar-refractivity contribution >= 4 is 40.3 Å². The summed E-state index contributed by atoms with van der Waals surface area (Å²) in [5.74, 6) is 2.08. The fourth-order valence-corrected chi connectivity index (χ4v) is 5.15. The van der Waals surface area contributed by atoms with Crippen molar-refractivity contribution in [3.05, 3.63) is 65.2 Å². The highest BCUT2D eigenvalue weighted by molar-refractivity contribution is 8.93. The number of carbonyl (C=O) groups excluding carboxylic acids is 1. The van der Waals surface area contributed by atoms with Crippen LogP contribution in [0.15, 0.2) is 59.6 Å². The second-order valence-corrected chi connectivity index (χ2v) is 11.0. The number of rotatable bonds is 18. The van der Waals surface area contributed by atoms with Gasteiger partial charge in [-0.25, -0.2) is 0 Å². The van der Waals surface area contributed by atoms with Gasteiger partial charge in [0.2, 0.25) is 0 Å². The highest BCUT2D eigenvalue weighted by Gasteiger charge is 2.11. The summed E-state index contributed by atoms with van der Waals surface area (Å²) in [5, 5.41) is 2.95. The average Bonchev–Trinajstić information content (AvgIpc) is 3.31. The number of hydrogen-bond donors (Lipinski definition) is 1. The molecule has 0 spiro atoms. The number of nitrogens with zero attached hydrogens (tertiary/aromatic N) is 1. The van der Waals surface area contributed by atoms with Gasteiger partial charge in [0.15, 0.2) is 18.1 Å². The van der Waals surface area contributed by atoms with E-state index in [1.165, 1.54) is 62.7 Å². The molecule has 210 valence electrons. The smallest absolute Gasteiger partial charge is 0.262 e. The molecular weight excluding hydrogens is 560 g/mol. The van der Waals surface area contributed by atoms with Gasteiger partial charge in [-0.05, 0) is 48.1 Å². The minimum atomic E-state index is -0.186. The number of unbranched alkanes of at least 4 members (excludes halogenated alkanes) is 9. The third kappa shape index (κ3) is 12.6. The van der Waals surface area contributed by atoms with Gasteiger partial charge in [-0.3, -0.25) is 4.79 Å². The van der Waals surface area contributed by atoms with E-state index in [1.54, 1.807) is 0 Å². The van der Waals surface area contributed by atoms with Crippen LogP contribution in [-0.2, 0) is 11.3 Å². The molecule has 0 atom stereocenters. The van der Waals surface area contributed by atoms with E-state index in [2.05, 4.69) is 36.3 Å². The number of thioether (sulfide) groups is 1. The molecule has 0 aliphatic carbocycles. The van der Waals surface area contributed by atoms with Gasteiger partial charge in [-0.15, -0.1) is 28.7 Å². The number of amides is 1. The lowest BCUT2D eigenvalue weighted by atomic mass is 10.1. The van der Waals surface area contributed by atoms with Gasteiger partial charge in [-0.1, -0.05) is 89.0 Å². The first-order valence-electron chi connectivity index (χ1n) is 13.9. The topological polar surface area (TPSA) is 50.8 Å². The zero-order valence-corrected chi connectivity index (χ0v) is 25.6. The third-order valence-electron chi connectivity index (χ3n) is 6.38. The van der Waals surface area contributed by atoms with Crippen molar-refractivity contribution < 1.29 is 14.3 Å². The zero-order valence-electron chi connectivity index (χ0n) is 23.1. The molecule has 0 saturated carbocycles. The van der Waals surface area contributed by atoms with Gasteiger partial charge < -0.3 is 19.7 Å². The first-order chi connectivity index (χ1) is 18.1. The summed E-state index contributed by atoms with van der Waals surface area (Å²) in [4.78, 5) is 16.2. The Morgan fingerprint density at radius 3 is 2.21 bits per heavy atom. The van der Waals surface area contributed by atoms with E-state index in [9.17, 15) is 4.79 Å². The van der Waals surface area contributed by atoms with E-state index in [-0.39, 0.29) is 29.5 Å². The minimum absolute atomic E-state index is 0. The van der Waals surface area contributed by atoms with Crippen LogP contribution >= 0.6 is 28.7 Å². The monoisotopic (exact) mass is 604 g/mol. The Morgan fingerprint density at radius 2 is 1.55 bits per heavy atom. The number of carbonyl (C=O) groups is 1. The van der Waals surface area contributed by atoms with Gasteiger partial charge in [0.05, 0.1) is 12.5 Å². The lowest BCUT2D eigenvalue weighted by molar-refractivity contribution is -0.118. The normalized spacial score (nSPS) is 12.6. The highest BCUT2D eigenvalue weighted by atomic mass is 79.9. The van der Waals surface area contributed by atoms with Crippen LogP contribution in [-0.4, -0.2) is 29.9 Å². The Bertz CT molecular complexity index is 985. The van der Waals surface area contributed by atoms with Crippen LogP contribution in [0.25, 0.3) is 0 Å². The molecule has 2 aromatic carbocycles. The largest absolute Gasteiger partial charge is 0.490 e. The summed E-state index contributed by atoms with van der Waals surface area (Å²) in [6.45, 7) is 5.82. The standard InChI is InChI=1S/C31H44N2O3S.BrH/c1-3-4-5-6-7-8-9-10-11-14-20-35-29-18-12-13-19-30(29)36-24-31(34)32-28-17-15-16-27(21-28)23-33-22-26(2)37-25-33;/h12-13,15-19,21-22H,3-11,14,20,23-25H2,1-2H3,(H,32,34);1H. The molecule has 5 nitrogen and oxygen atoms in total. The van der Waals surface area contributed by atoms with Crippen LogP contribution in [0.2, 0.25) is 0 Å². The van der Waals surface area contributed by atoms with E-state index in [0.717, 1.165) is 30.1 Å². The Balaban J connectivity index is 0.00000507. The number of benzene rings is 2. The molecule has 0 saturated heterocycles. The van der Waals surface area contributed by atoms with Crippen LogP contribution in [0.4, 0.5) is 5.69 Å². The van der Waals surface area contributed by atoms with Crippen LogP contribution in [0.3, 0.4) is 0 Å². The molecule has 7 heteroatoms. The average molecular weight is 606 g/mol. The summed E-state index contributed by atoms with van der Waals surface area (Å²) in [6, 6.07) is 15.6. The first-order valence-corrected chi connectivity index (χ1v) is 14.9. The Kier molecular flexibility index (Phi) is 16.1. The summed E-state index contributed by atoms with van der Waals surface area (Å²) in [7, 11) is 0. The lowest BCUT2D eigenvalue weighted by Crippen LogP contribution is -2.20. The summed E-state index contributed by atoms with van der Waals surface area (Å²) < 4.78 is 11.8. The molecule has 1 heterocycles. The Labute approximate surface area is 244 Å². The Hall–Kier alpha value is -2.12. The second kappa shape index (κ2) is 19.0. The molecule has 1 amide bonds. The maximum atomic E-state index is 12.6. The number of halogens is 1. The number of allylic oxidation sites excluding steroid dienone is 1. The molecule has 0 fully saturated rings. The van der Waals surface area contributed by atoms with Crippen molar-refractivity contribution in [2.75, 3.05) is 24.4 Å². The molecule has 1 aliphatic heterocycles. The van der Waals surface area contributed by atoms with Crippen molar-refractivity contribution in [2.45, 2.75) is 84.6 Å². The maximum Gasteiger partial charge on any atom is 0.262 e. The molecule has 0 unspecified atom stereocenters. The number of ether oxygens (including phenoxy) is 2. The van der Waals surface area contributed by atoms with E-state index in [4.69, 9.17) is 9.47 Å². The SMILES string of the molecule is Br.CCCCCCCCCCCCOc1ccccc1OCC(=O)Nc1cccc(CN2C=C(C)SC2)c1. The van der Waals surface area contributed by atoms with Crippen molar-refractivity contribution in [3.63, 3.8) is 0 Å². The fraction of sp³-hybridized carbons (Fsp3) is 0.516. The number of para-hydroxylation sites is 2. The molecule has 1 aliphatic rings. The van der Waals surface area contributed by atoms with Crippen LogP contribution in [0, 0.1) is 0 Å². The molecule has 38 heavy (non-hydrogen) atoms. The third-order valence-corrected chi connectivity index (χ3v) is 7.40. The molecule has 3 rings (SSSR count). The molecule has 0 bridgehead atoms. The molecule has 0 radical (unpaired) electrons. The fourth-order valence-electron chi connectivity index (χ4n) is 4.39. The van der Waals surface area contributed by atoms with Crippen molar-refractivity contribution in [2.24, 2.45) is 0 Å². The quantitative estimate of drug-likeness (QED) is 0.172. The van der Waals surface area contributed by atoms with Gasteiger partial charge in [-0.2, -0.15) is 0 Å². The highest BCUT2D eigenvalue weighted by Crippen LogP contribution is 2.28. The molecule has 1 N–H and O–H groups in total. The second-order valence-electron chi connectivity index (χ2n) is 9.77. The number of nitrogens with one attached hydrogen (secondary N) is 1. The lowest BCUT2D eigenvalue weighted by Gasteiger charge is -2.15. The Morgan fingerprint density at radius 1 is 0.895 bits per heavy atom. The van der Waals surface area contributed by atoms with Crippen molar-refractivity contribution in [3.8, 4) is 11.5 Å². The van der Waals surface area contributed by atoms with Crippen LogP contribution < -0.4 is 14.8 Å². The molecular formula is C31H45BrN2O3S. The maximum absolute atomic E-state index is 12.6. The molecule has 0 aromatic heterocycles.